The number of hydrogen-bond acceptors (Lipinski definition) is 5. The van der Waals surface area contributed by atoms with Crippen LogP contribution in [0.1, 0.15) is 18.7 Å². The second kappa shape index (κ2) is 5.33. The van der Waals surface area contributed by atoms with Gasteiger partial charge in [0, 0.05) is 5.02 Å². The van der Waals surface area contributed by atoms with Crippen LogP contribution in [-0.2, 0) is 17.9 Å². The molecule has 1 aromatic carbocycles. The number of tetrazole rings is 1. The molecule has 0 saturated heterocycles. The topological polar surface area (TPSA) is 90.1 Å². The van der Waals surface area contributed by atoms with Crippen molar-refractivity contribution < 1.29 is 14.6 Å². The molecule has 0 unspecified atom stereocenters. The van der Waals surface area contributed by atoms with Crippen LogP contribution in [0.4, 0.5) is 0 Å². The number of aliphatic carboxylic acids is 1. The number of halogens is 1. The monoisotopic (exact) mass is 308 g/mol. The molecular weight excluding hydrogens is 296 g/mol. The van der Waals surface area contributed by atoms with Gasteiger partial charge < -0.3 is 9.84 Å². The minimum Gasteiger partial charge on any atom is -0.485 e. The number of rotatable bonds is 6. The van der Waals surface area contributed by atoms with Gasteiger partial charge in [-0.3, -0.25) is 4.79 Å². The molecule has 2 aromatic rings. The van der Waals surface area contributed by atoms with Gasteiger partial charge in [0.2, 0.25) is 0 Å². The first-order valence-electron chi connectivity index (χ1n) is 6.46. The number of ether oxygens (including phenoxy) is 1. The summed E-state index contributed by atoms with van der Waals surface area (Å²) < 4.78 is 7.06. The van der Waals surface area contributed by atoms with Gasteiger partial charge in [-0.05, 0) is 41.5 Å². The first kappa shape index (κ1) is 13.8. The number of carboxylic acids is 1. The van der Waals surface area contributed by atoms with Gasteiger partial charge in [0.15, 0.2) is 5.82 Å². The van der Waals surface area contributed by atoms with Crippen molar-refractivity contribution in [2.24, 2.45) is 5.41 Å². The van der Waals surface area contributed by atoms with Crippen molar-refractivity contribution in [3.8, 4) is 5.75 Å². The van der Waals surface area contributed by atoms with E-state index in [2.05, 4.69) is 15.5 Å². The summed E-state index contributed by atoms with van der Waals surface area (Å²) in [7, 11) is 0. The lowest BCUT2D eigenvalue weighted by Gasteiger charge is -2.11. The van der Waals surface area contributed by atoms with E-state index in [1.165, 1.54) is 4.68 Å². The van der Waals surface area contributed by atoms with Gasteiger partial charge in [-0.15, -0.1) is 5.10 Å². The molecule has 1 N–H and O–H groups in total. The molecular formula is C13H13ClN4O3. The largest absolute Gasteiger partial charge is 0.485 e. The fourth-order valence-electron chi connectivity index (χ4n) is 2.03. The van der Waals surface area contributed by atoms with Crippen LogP contribution in [0.5, 0.6) is 5.75 Å². The Morgan fingerprint density at radius 2 is 2.29 bits per heavy atom. The summed E-state index contributed by atoms with van der Waals surface area (Å²) in [6, 6.07) is 7.00. The van der Waals surface area contributed by atoms with E-state index in [-0.39, 0.29) is 13.2 Å². The number of carboxylic acid groups (broad SMARTS) is 1. The van der Waals surface area contributed by atoms with Crippen molar-refractivity contribution in [1.82, 2.24) is 20.2 Å². The molecule has 8 heteroatoms. The van der Waals surface area contributed by atoms with Crippen LogP contribution in [-0.4, -0.2) is 31.3 Å². The summed E-state index contributed by atoms with van der Waals surface area (Å²) in [5.41, 5.74) is -0.722. The molecule has 0 radical (unpaired) electrons. The molecule has 0 aliphatic heterocycles. The summed E-state index contributed by atoms with van der Waals surface area (Å²) >= 11 is 5.88. The van der Waals surface area contributed by atoms with Crippen LogP contribution in [0.25, 0.3) is 0 Å². The van der Waals surface area contributed by atoms with E-state index in [0.717, 1.165) is 0 Å². The molecule has 1 aliphatic carbocycles. The Kier molecular flexibility index (Phi) is 3.50. The van der Waals surface area contributed by atoms with Gasteiger partial charge in [-0.1, -0.05) is 17.7 Å². The Balaban J connectivity index is 1.67. The van der Waals surface area contributed by atoms with E-state index in [0.29, 0.717) is 29.4 Å². The minimum atomic E-state index is -0.806. The molecule has 0 spiro atoms. The van der Waals surface area contributed by atoms with Gasteiger partial charge in [-0.2, -0.15) is 0 Å². The molecule has 0 amide bonds. The number of carbonyl (C=O) groups is 1. The van der Waals surface area contributed by atoms with Gasteiger partial charge in [0.25, 0.3) is 0 Å². The van der Waals surface area contributed by atoms with Crippen LogP contribution < -0.4 is 4.74 Å². The zero-order chi connectivity index (χ0) is 14.9. The molecule has 1 aliphatic rings. The smallest absolute Gasteiger partial charge is 0.311 e. The third-order valence-electron chi connectivity index (χ3n) is 3.53. The zero-order valence-electron chi connectivity index (χ0n) is 11.1. The highest BCUT2D eigenvalue weighted by Crippen LogP contribution is 2.47. The summed E-state index contributed by atoms with van der Waals surface area (Å²) in [6.07, 6.45) is 1.30. The molecule has 21 heavy (non-hydrogen) atoms. The summed E-state index contributed by atoms with van der Waals surface area (Å²) in [6.45, 7) is 0.423. The lowest BCUT2D eigenvalue weighted by molar-refractivity contribution is -0.144. The molecule has 0 atom stereocenters. The third kappa shape index (κ3) is 2.97. The predicted octanol–water partition coefficient (Wildman–Crippen LogP) is 1.77. The van der Waals surface area contributed by atoms with Crippen LogP contribution in [0.2, 0.25) is 5.02 Å². The fourth-order valence-corrected chi connectivity index (χ4v) is 2.21. The maximum absolute atomic E-state index is 11.2. The summed E-state index contributed by atoms with van der Waals surface area (Å²) in [5.74, 6) is 0.290. The Hall–Kier alpha value is -2.15. The molecule has 3 rings (SSSR count). The normalized spacial score (nSPS) is 15.7. The van der Waals surface area contributed by atoms with Crippen LogP contribution in [0.3, 0.4) is 0 Å². The van der Waals surface area contributed by atoms with Crippen molar-refractivity contribution in [1.29, 1.82) is 0 Å². The average molecular weight is 309 g/mol. The van der Waals surface area contributed by atoms with Crippen molar-refractivity contribution >= 4 is 17.6 Å². The quantitative estimate of drug-likeness (QED) is 0.874. The van der Waals surface area contributed by atoms with E-state index >= 15 is 0 Å². The van der Waals surface area contributed by atoms with Crippen molar-refractivity contribution in [3.63, 3.8) is 0 Å². The van der Waals surface area contributed by atoms with Crippen molar-refractivity contribution in [2.45, 2.75) is 26.0 Å². The Morgan fingerprint density at radius 1 is 1.48 bits per heavy atom. The number of aromatic nitrogens is 4. The Bertz CT molecular complexity index is 669. The highest BCUT2D eigenvalue weighted by atomic mass is 35.5. The van der Waals surface area contributed by atoms with E-state index in [4.69, 9.17) is 16.3 Å². The fraction of sp³-hybridized carbons (Fsp3) is 0.385. The zero-order valence-corrected chi connectivity index (χ0v) is 11.8. The van der Waals surface area contributed by atoms with Crippen LogP contribution >= 0.6 is 11.6 Å². The van der Waals surface area contributed by atoms with E-state index in [9.17, 15) is 9.90 Å². The van der Waals surface area contributed by atoms with Crippen LogP contribution in [0, 0.1) is 5.41 Å². The lowest BCUT2D eigenvalue weighted by Crippen LogP contribution is -2.23. The maximum atomic E-state index is 11.2. The highest BCUT2D eigenvalue weighted by Gasteiger charge is 2.51. The molecule has 0 bridgehead atoms. The molecule has 1 aromatic heterocycles. The van der Waals surface area contributed by atoms with E-state index < -0.39 is 11.4 Å². The second-order valence-electron chi connectivity index (χ2n) is 5.08. The SMILES string of the molecule is O=C(O)C1(Cn2nnnc2COc2cccc(Cl)c2)CC1. The maximum Gasteiger partial charge on any atom is 0.311 e. The molecule has 1 heterocycles. The molecule has 110 valence electrons. The lowest BCUT2D eigenvalue weighted by atomic mass is 10.1. The van der Waals surface area contributed by atoms with Crippen molar-refractivity contribution in [2.75, 3.05) is 0 Å². The molecule has 1 fully saturated rings. The third-order valence-corrected chi connectivity index (χ3v) is 3.76. The summed E-state index contributed by atoms with van der Waals surface area (Å²) in [4.78, 5) is 11.2. The first-order valence-corrected chi connectivity index (χ1v) is 6.84. The highest BCUT2D eigenvalue weighted by molar-refractivity contribution is 6.30. The second-order valence-corrected chi connectivity index (χ2v) is 5.52. The number of hydrogen-bond donors (Lipinski definition) is 1. The summed E-state index contributed by atoms with van der Waals surface area (Å²) in [5, 5.41) is 21.1. The number of benzene rings is 1. The van der Waals surface area contributed by atoms with Crippen LogP contribution in [0.15, 0.2) is 24.3 Å². The standard InChI is InChI=1S/C13H13ClN4O3/c14-9-2-1-3-10(6-9)21-7-11-15-16-17-18(11)8-13(4-5-13)12(19)20/h1-3,6H,4-5,7-8H2,(H,19,20). The number of nitrogens with zero attached hydrogens (tertiary/aromatic N) is 4. The molecule has 7 nitrogen and oxygen atoms in total. The first-order chi connectivity index (χ1) is 10.1. The van der Waals surface area contributed by atoms with E-state index in [1.54, 1.807) is 24.3 Å². The predicted molar refractivity (Wildman–Crippen MR) is 72.9 cm³/mol. The van der Waals surface area contributed by atoms with Gasteiger partial charge in [0.05, 0.1) is 12.0 Å². The molecule has 1 saturated carbocycles. The van der Waals surface area contributed by atoms with E-state index in [1.807, 2.05) is 0 Å². The van der Waals surface area contributed by atoms with Gasteiger partial charge in [-0.25, -0.2) is 4.68 Å². The minimum absolute atomic E-state index is 0.156. The Morgan fingerprint density at radius 3 is 2.95 bits per heavy atom. The van der Waals surface area contributed by atoms with Crippen molar-refractivity contribution in [3.05, 3.63) is 35.1 Å². The average Bonchev–Trinajstić information content (AvgIpc) is 3.10. The van der Waals surface area contributed by atoms with Gasteiger partial charge in [0.1, 0.15) is 12.4 Å². The Labute approximate surface area is 125 Å². The van der Waals surface area contributed by atoms with Gasteiger partial charge >= 0.3 is 5.97 Å².